The Morgan fingerprint density at radius 3 is 2.42 bits per heavy atom. The van der Waals surface area contributed by atoms with Gasteiger partial charge in [0.1, 0.15) is 5.82 Å². The fourth-order valence-corrected chi connectivity index (χ4v) is 3.14. The van der Waals surface area contributed by atoms with Gasteiger partial charge in [-0.1, -0.05) is 54.9 Å². The van der Waals surface area contributed by atoms with Gasteiger partial charge in [0, 0.05) is 29.6 Å². The zero-order valence-corrected chi connectivity index (χ0v) is 15.5. The Kier molecular flexibility index (Phi) is 6.89. The molecule has 138 valence electrons. The predicted molar refractivity (Wildman–Crippen MR) is 101 cm³/mol. The fraction of sp³-hybridized carbons (Fsp3) is 0.300. The molecule has 0 radical (unpaired) electrons. The summed E-state index contributed by atoms with van der Waals surface area (Å²) in [7, 11) is 0. The molecule has 26 heavy (non-hydrogen) atoms. The molecule has 0 aromatic heterocycles. The summed E-state index contributed by atoms with van der Waals surface area (Å²) in [6.07, 6.45) is 0.710. The van der Waals surface area contributed by atoms with Crippen LogP contribution in [0.25, 0.3) is 0 Å². The highest BCUT2D eigenvalue weighted by Gasteiger charge is 2.24. The Hall–Kier alpha value is -2.24. The number of hydrogen-bond donors (Lipinski definition) is 2. The van der Waals surface area contributed by atoms with E-state index < -0.39 is 17.5 Å². The molecule has 2 rings (SSSR count). The lowest BCUT2D eigenvalue weighted by molar-refractivity contribution is -0.118. The summed E-state index contributed by atoms with van der Waals surface area (Å²) in [5.41, 5.74) is 5.78. The second-order valence-corrected chi connectivity index (χ2v) is 6.63. The Labute approximate surface area is 157 Å². The molecule has 0 spiro atoms. The van der Waals surface area contributed by atoms with Crippen molar-refractivity contribution in [2.75, 3.05) is 0 Å². The van der Waals surface area contributed by atoms with E-state index in [-0.39, 0.29) is 29.1 Å². The topological polar surface area (TPSA) is 72.2 Å². The third-order valence-corrected chi connectivity index (χ3v) is 4.48. The minimum absolute atomic E-state index is 0.0696. The first kappa shape index (κ1) is 20.1. The largest absolute Gasteiger partial charge is 0.370 e. The van der Waals surface area contributed by atoms with Crippen molar-refractivity contribution in [1.82, 2.24) is 5.32 Å². The number of primary amides is 1. The van der Waals surface area contributed by atoms with Gasteiger partial charge in [0.15, 0.2) is 5.78 Å². The van der Waals surface area contributed by atoms with Crippen LogP contribution in [0.1, 0.15) is 54.2 Å². The van der Waals surface area contributed by atoms with Crippen LogP contribution in [0.4, 0.5) is 4.39 Å². The summed E-state index contributed by atoms with van der Waals surface area (Å²) in [4.78, 5) is 23.8. The van der Waals surface area contributed by atoms with Crippen molar-refractivity contribution in [3.63, 3.8) is 0 Å². The van der Waals surface area contributed by atoms with Crippen molar-refractivity contribution in [3.8, 4) is 0 Å². The van der Waals surface area contributed by atoms with Crippen LogP contribution in [0, 0.1) is 5.82 Å². The molecule has 0 heterocycles. The average Bonchev–Trinajstić information content (AvgIpc) is 2.60. The summed E-state index contributed by atoms with van der Waals surface area (Å²) >= 11 is 6.13. The number of amides is 1. The van der Waals surface area contributed by atoms with Gasteiger partial charge < -0.3 is 11.1 Å². The summed E-state index contributed by atoms with van der Waals surface area (Å²) < 4.78 is 15.2. The molecule has 0 saturated carbocycles. The number of hydrogen-bond acceptors (Lipinski definition) is 3. The van der Waals surface area contributed by atoms with E-state index >= 15 is 4.39 Å². The van der Waals surface area contributed by atoms with E-state index in [0.717, 1.165) is 0 Å². The molecule has 1 amide bonds. The summed E-state index contributed by atoms with van der Waals surface area (Å²) in [6.45, 7) is 3.69. The third-order valence-electron chi connectivity index (χ3n) is 4.16. The number of carbonyl (C=O) groups is 2. The first-order valence-corrected chi connectivity index (χ1v) is 8.84. The van der Waals surface area contributed by atoms with E-state index in [1.54, 1.807) is 43.3 Å². The van der Waals surface area contributed by atoms with Crippen molar-refractivity contribution >= 4 is 23.3 Å². The van der Waals surface area contributed by atoms with E-state index in [1.165, 1.54) is 6.07 Å². The van der Waals surface area contributed by atoms with E-state index in [9.17, 15) is 9.59 Å². The van der Waals surface area contributed by atoms with Gasteiger partial charge in [-0.25, -0.2) is 4.39 Å². The van der Waals surface area contributed by atoms with Crippen molar-refractivity contribution in [3.05, 3.63) is 70.0 Å². The lowest BCUT2D eigenvalue weighted by atomic mass is 9.95. The van der Waals surface area contributed by atoms with Gasteiger partial charge >= 0.3 is 0 Å². The van der Waals surface area contributed by atoms with Crippen LogP contribution in [-0.4, -0.2) is 17.7 Å². The molecular formula is C20H22ClFN2O2. The van der Waals surface area contributed by atoms with E-state index in [4.69, 9.17) is 17.3 Å². The standard InChI is InChI=1S/C20H22ClFN2O2/c1-3-16(24-12(2)11-17(23)25)14-9-10-15(21)18(19(14)22)20(26)13-7-5-4-6-8-13/h4-10,12,16,24H,3,11H2,1-2H3,(H2,23,25)/t12-,16+/m1/s1. The van der Waals surface area contributed by atoms with Crippen LogP contribution < -0.4 is 11.1 Å². The maximum atomic E-state index is 15.2. The van der Waals surface area contributed by atoms with Crippen molar-refractivity contribution in [1.29, 1.82) is 0 Å². The molecular weight excluding hydrogens is 355 g/mol. The SMILES string of the molecule is CC[C@H](N[C@H](C)CC(N)=O)c1ccc(Cl)c(C(=O)c2ccccc2)c1F. The Morgan fingerprint density at radius 2 is 1.85 bits per heavy atom. The van der Waals surface area contributed by atoms with Gasteiger partial charge in [-0.3, -0.25) is 9.59 Å². The fourth-order valence-electron chi connectivity index (χ4n) is 2.91. The second kappa shape index (κ2) is 8.92. The zero-order valence-electron chi connectivity index (χ0n) is 14.8. The summed E-state index contributed by atoms with van der Waals surface area (Å²) in [5.74, 6) is -1.54. The Balaban J connectivity index is 2.38. The van der Waals surface area contributed by atoms with Crippen LogP contribution in [0.5, 0.6) is 0 Å². The smallest absolute Gasteiger partial charge is 0.218 e. The molecule has 0 aliphatic rings. The molecule has 2 atom stereocenters. The predicted octanol–water partition coefficient (Wildman–Crippen LogP) is 4.01. The molecule has 0 unspecified atom stereocenters. The number of ketones is 1. The number of nitrogens with one attached hydrogen (secondary N) is 1. The monoisotopic (exact) mass is 376 g/mol. The number of benzene rings is 2. The Bertz CT molecular complexity index is 796. The van der Waals surface area contributed by atoms with Crippen molar-refractivity contribution < 1.29 is 14.0 Å². The maximum Gasteiger partial charge on any atom is 0.218 e. The highest BCUT2D eigenvalue weighted by Crippen LogP contribution is 2.30. The molecule has 0 bridgehead atoms. The maximum absolute atomic E-state index is 15.2. The van der Waals surface area contributed by atoms with Crippen LogP contribution >= 0.6 is 11.6 Å². The number of halogens is 2. The molecule has 6 heteroatoms. The minimum Gasteiger partial charge on any atom is -0.370 e. The van der Waals surface area contributed by atoms with Crippen LogP contribution in [0.15, 0.2) is 42.5 Å². The number of nitrogens with two attached hydrogens (primary N) is 1. The highest BCUT2D eigenvalue weighted by atomic mass is 35.5. The lowest BCUT2D eigenvalue weighted by Gasteiger charge is -2.23. The van der Waals surface area contributed by atoms with Gasteiger partial charge in [-0.2, -0.15) is 0 Å². The quantitative estimate of drug-likeness (QED) is 0.683. The number of carbonyl (C=O) groups excluding carboxylic acids is 2. The third kappa shape index (κ3) is 4.68. The van der Waals surface area contributed by atoms with Crippen LogP contribution in [0.2, 0.25) is 5.02 Å². The Morgan fingerprint density at radius 1 is 1.19 bits per heavy atom. The summed E-state index contributed by atoms with van der Waals surface area (Å²) in [5, 5.41) is 3.25. The molecule has 3 N–H and O–H groups in total. The molecule has 2 aromatic rings. The molecule has 4 nitrogen and oxygen atoms in total. The van der Waals surface area contributed by atoms with Gasteiger partial charge in [0.2, 0.25) is 5.91 Å². The first-order chi connectivity index (χ1) is 12.3. The molecule has 0 aliphatic carbocycles. The van der Waals surface area contributed by atoms with Crippen LogP contribution in [0.3, 0.4) is 0 Å². The minimum atomic E-state index is -0.642. The second-order valence-electron chi connectivity index (χ2n) is 6.22. The van der Waals surface area contributed by atoms with Gasteiger partial charge in [0.25, 0.3) is 0 Å². The average molecular weight is 377 g/mol. The normalized spacial score (nSPS) is 13.2. The molecule has 0 fully saturated rings. The van der Waals surface area contributed by atoms with Gasteiger partial charge in [-0.15, -0.1) is 0 Å². The highest BCUT2D eigenvalue weighted by molar-refractivity contribution is 6.35. The lowest BCUT2D eigenvalue weighted by Crippen LogP contribution is -2.34. The first-order valence-electron chi connectivity index (χ1n) is 8.47. The summed E-state index contributed by atoms with van der Waals surface area (Å²) in [6, 6.07) is 10.9. The van der Waals surface area contributed by atoms with Crippen molar-refractivity contribution in [2.45, 2.75) is 38.8 Å². The van der Waals surface area contributed by atoms with Crippen molar-refractivity contribution in [2.24, 2.45) is 5.73 Å². The van der Waals surface area contributed by atoms with Gasteiger partial charge in [-0.05, 0) is 19.4 Å². The van der Waals surface area contributed by atoms with E-state index in [2.05, 4.69) is 5.32 Å². The van der Waals surface area contributed by atoms with E-state index in [1.807, 2.05) is 6.92 Å². The molecule has 0 saturated heterocycles. The number of rotatable bonds is 8. The van der Waals surface area contributed by atoms with Gasteiger partial charge in [0.05, 0.1) is 10.6 Å². The van der Waals surface area contributed by atoms with Crippen LogP contribution in [-0.2, 0) is 4.79 Å². The molecule has 0 aliphatic heterocycles. The molecule has 2 aromatic carbocycles. The van der Waals surface area contributed by atoms with E-state index in [0.29, 0.717) is 17.5 Å². The zero-order chi connectivity index (χ0) is 19.3.